The minimum Gasteiger partial charge on any atom is -0.491 e. The molecule has 0 aliphatic heterocycles. The lowest BCUT2D eigenvalue weighted by Crippen LogP contribution is -2.12. The molecular weight excluding hydrogens is 234 g/mol. The van der Waals surface area contributed by atoms with Gasteiger partial charge in [-0.1, -0.05) is 6.08 Å². The summed E-state index contributed by atoms with van der Waals surface area (Å²) >= 11 is 0. The Morgan fingerprint density at radius 3 is 2.17 bits per heavy atom. The van der Waals surface area contributed by atoms with Crippen LogP contribution >= 0.6 is 0 Å². The van der Waals surface area contributed by atoms with Gasteiger partial charge in [0.25, 0.3) is 0 Å². The maximum absolute atomic E-state index is 13.6. The molecule has 0 spiro atoms. The zero-order chi connectivity index (χ0) is 13.1. The summed E-state index contributed by atoms with van der Waals surface area (Å²) in [6.45, 7) is 3.80. The maximum Gasteiger partial charge on any atom is 0.190 e. The first-order chi connectivity index (χ1) is 8.65. The van der Waals surface area contributed by atoms with Gasteiger partial charge in [-0.05, 0) is 55.2 Å². The molecule has 1 aliphatic rings. The summed E-state index contributed by atoms with van der Waals surface area (Å²) in [7, 11) is 1.27. The molecule has 18 heavy (non-hydrogen) atoms. The Bertz CT molecular complexity index is 411. The molecule has 1 nitrogen and oxygen atoms in total. The third kappa shape index (κ3) is 2.55. The van der Waals surface area contributed by atoms with Crippen LogP contribution in [0.25, 0.3) is 0 Å². The Morgan fingerprint density at radius 2 is 1.72 bits per heavy atom. The molecule has 1 aliphatic carbocycles. The van der Waals surface area contributed by atoms with Crippen molar-refractivity contribution in [3.8, 4) is 5.75 Å². The molecule has 0 heterocycles. The van der Waals surface area contributed by atoms with Crippen molar-refractivity contribution in [3.05, 3.63) is 42.0 Å². The zero-order valence-electron chi connectivity index (χ0n) is 10.6. The molecule has 2 rings (SSSR count). The summed E-state index contributed by atoms with van der Waals surface area (Å²) in [5.74, 6) is -0.722. The van der Waals surface area contributed by atoms with E-state index in [0.29, 0.717) is 5.92 Å². The molecule has 98 valence electrons. The van der Waals surface area contributed by atoms with Gasteiger partial charge >= 0.3 is 0 Å². The summed E-state index contributed by atoms with van der Waals surface area (Å²) in [5, 5.41) is 0. The summed E-state index contributed by atoms with van der Waals surface area (Å²) < 4.78 is 31.9. The average Bonchev–Trinajstić information content (AvgIpc) is 2.38. The largest absolute Gasteiger partial charge is 0.491 e. The van der Waals surface area contributed by atoms with Crippen LogP contribution in [-0.4, -0.2) is 7.11 Å². The molecule has 3 heteroatoms. The number of methoxy groups -OCH3 is 1. The van der Waals surface area contributed by atoms with Gasteiger partial charge in [-0.25, -0.2) is 8.78 Å². The summed E-state index contributed by atoms with van der Waals surface area (Å²) in [6, 6.07) is 2.81. The molecule has 0 saturated heterocycles. The van der Waals surface area contributed by atoms with Crippen molar-refractivity contribution in [2.24, 2.45) is 5.92 Å². The smallest absolute Gasteiger partial charge is 0.190 e. The lowest BCUT2D eigenvalue weighted by atomic mass is 9.79. The first-order valence-corrected chi connectivity index (χ1v) is 6.31. The Kier molecular flexibility index (Phi) is 4.00. The van der Waals surface area contributed by atoms with E-state index in [1.807, 2.05) is 6.08 Å². The maximum atomic E-state index is 13.6. The SMILES string of the molecule is C=CC1CCC(c2cc(F)c(OC)c(F)c2)CC1. The molecule has 0 amide bonds. The molecule has 0 N–H and O–H groups in total. The van der Waals surface area contributed by atoms with Gasteiger partial charge in [0.1, 0.15) is 0 Å². The van der Waals surface area contributed by atoms with E-state index in [2.05, 4.69) is 11.3 Å². The van der Waals surface area contributed by atoms with Gasteiger partial charge in [-0.15, -0.1) is 6.58 Å². The van der Waals surface area contributed by atoms with Crippen LogP contribution < -0.4 is 4.74 Å². The Hall–Kier alpha value is -1.38. The highest BCUT2D eigenvalue weighted by Crippen LogP contribution is 2.37. The predicted octanol–water partition coefficient (Wildman–Crippen LogP) is 4.43. The minimum absolute atomic E-state index is 0.246. The van der Waals surface area contributed by atoms with Crippen LogP contribution in [0.1, 0.15) is 37.2 Å². The Labute approximate surface area is 106 Å². The van der Waals surface area contributed by atoms with Crippen molar-refractivity contribution >= 4 is 0 Å². The van der Waals surface area contributed by atoms with Gasteiger partial charge in [0, 0.05) is 0 Å². The third-order valence-corrected chi connectivity index (χ3v) is 3.80. The van der Waals surface area contributed by atoms with Gasteiger partial charge in [-0.3, -0.25) is 0 Å². The highest BCUT2D eigenvalue weighted by atomic mass is 19.1. The molecule has 1 aromatic carbocycles. The van der Waals surface area contributed by atoms with Crippen molar-refractivity contribution in [2.75, 3.05) is 7.11 Å². The van der Waals surface area contributed by atoms with Gasteiger partial charge in [0.15, 0.2) is 17.4 Å². The van der Waals surface area contributed by atoms with Gasteiger partial charge < -0.3 is 4.74 Å². The average molecular weight is 252 g/mol. The minimum atomic E-state index is -0.613. The number of halogens is 2. The molecule has 1 aromatic rings. The van der Waals surface area contributed by atoms with Gasteiger partial charge in [0.2, 0.25) is 0 Å². The molecule has 1 saturated carbocycles. The summed E-state index contributed by atoms with van der Waals surface area (Å²) in [5.41, 5.74) is 0.744. The molecule has 1 fully saturated rings. The van der Waals surface area contributed by atoms with E-state index in [0.717, 1.165) is 31.2 Å². The first-order valence-electron chi connectivity index (χ1n) is 6.31. The van der Waals surface area contributed by atoms with Crippen LogP contribution in [0.15, 0.2) is 24.8 Å². The Morgan fingerprint density at radius 1 is 1.17 bits per heavy atom. The van der Waals surface area contributed by atoms with Crippen LogP contribution in [-0.2, 0) is 0 Å². The lowest BCUT2D eigenvalue weighted by molar-refractivity contribution is 0.352. The number of hydrogen-bond donors (Lipinski definition) is 0. The van der Waals surface area contributed by atoms with Gasteiger partial charge in [0.05, 0.1) is 7.11 Å². The van der Waals surface area contributed by atoms with Crippen LogP contribution in [0, 0.1) is 17.6 Å². The van der Waals surface area contributed by atoms with Crippen LogP contribution in [0.5, 0.6) is 5.75 Å². The van der Waals surface area contributed by atoms with E-state index in [-0.39, 0.29) is 11.7 Å². The lowest BCUT2D eigenvalue weighted by Gasteiger charge is -2.27. The van der Waals surface area contributed by atoms with E-state index in [1.54, 1.807) is 0 Å². The van der Waals surface area contributed by atoms with Crippen molar-refractivity contribution in [1.29, 1.82) is 0 Å². The highest BCUT2D eigenvalue weighted by Gasteiger charge is 2.23. The van der Waals surface area contributed by atoms with Crippen molar-refractivity contribution in [2.45, 2.75) is 31.6 Å². The fourth-order valence-corrected chi connectivity index (χ4v) is 2.70. The zero-order valence-corrected chi connectivity index (χ0v) is 10.6. The number of rotatable bonds is 3. The summed E-state index contributed by atoms with van der Waals surface area (Å²) in [6.07, 6.45) is 5.99. The monoisotopic (exact) mass is 252 g/mol. The first kappa shape index (κ1) is 13.1. The van der Waals surface area contributed by atoms with E-state index in [9.17, 15) is 8.78 Å². The molecule has 0 bridgehead atoms. The number of benzene rings is 1. The van der Waals surface area contributed by atoms with Crippen molar-refractivity contribution in [3.63, 3.8) is 0 Å². The standard InChI is InChI=1S/C15H18F2O/c1-3-10-4-6-11(7-5-10)12-8-13(16)15(18-2)14(17)9-12/h3,8-11H,1,4-7H2,2H3. The summed E-state index contributed by atoms with van der Waals surface area (Å²) in [4.78, 5) is 0. The second-order valence-corrected chi connectivity index (χ2v) is 4.87. The van der Waals surface area contributed by atoms with Crippen LogP contribution in [0.3, 0.4) is 0 Å². The van der Waals surface area contributed by atoms with Crippen LogP contribution in [0.4, 0.5) is 8.78 Å². The fourth-order valence-electron chi connectivity index (χ4n) is 2.70. The van der Waals surface area contributed by atoms with Crippen molar-refractivity contribution in [1.82, 2.24) is 0 Å². The Balaban J connectivity index is 2.17. The molecule has 0 radical (unpaired) electrons. The topological polar surface area (TPSA) is 9.23 Å². The van der Waals surface area contributed by atoms with E-state index in [1.165, 1.54) is 19.2 Å². The number of hydrogen-bond acceptors (Lipinski definition) is 1. The van der Waals surface area contributed by atoms with Crippen LogP contribution in [0.2, 0.25) is 0 Å². The van der Waals surface area contributed by atoms with Crippen molar-refractivity contribution < 1.29 is 13.5 Å². The third-order valence-electron chi connectivity index (χ3n) is 3.80. The fraction of sp³-hybridized carbons (Fsp3) is 0.467. The predicted molar refractivity (Wildman–Crippen MR) is 67.8 cm³/mol. The van der Waals surface area contributed by atoms with Gasteiger partial charge in [-0.2, -0.15) is 0 Å². The van der Waals surface area contributed by atoms with E-state index >= 15 is 0 Å². The van der Waals surface area contributed by atoms with E-state index in [4.69, 9.17) is 0 Å². The second-order valence-electron chi connectivity index (χ2n) is 4.87. The molecule has 0 aromatic heterocycles. The normalized spacial score (nSPS) is 23.7. The second kappa shape index (κ2) is 5.51. The number of allylic oxidation sites excluding steroid dienone is 1. The quantitative estimate of drug-likeness (QED) is 0.723. The molecule has 0 unspecified atom stereocenters. The number of ether oxygens (including phenoxy) is 1. The highest BCUT2D eigenvalue weighted by molar-refractivity contribution is 5.33. The van der Waals surface area contributed by atoms with E-state index < -0.39 is 11.6 Å². The molecular formula is C15H18F2O. The molecule has 0 atom stereocenters.